The van der Waals surface area contributed by atoms with Gasteiger partial charge < -0.3 is 4.42 Å². The number of rotatable bonds is 2. The molecule has 0 aliphatic carbocycles. The zero-order valence-electron chi connectivity index (χ0n) is 12.4. The third-order valence-electron chi connectivity index (χ3n) is 4.07. The van der Waals surface area contributed by atoms with Crippen LogP contribution in [0.25, 0.3) is 11.1 Å². The van der Waals surface area contributed by atoms with Gasteiger partial charge in [0, 0.05) is 12.6 Å². The van der Waals surface area contributed by atoms with Crippen LogP contribution in [0.15, 0.2) is 50.5 Å². The van der Waals surface area contributed by atoms with E-state index in [9.17, 15) is 13.2 Å². The molecule has 1 aromatic heterocycles. The number of oxazole rings is 1. The number of anilines is 1. The molecule has 0 atom stereocenters. The highest BCUT2D eigenvalue weighted by Crippen LogP contribution is 2.33. The van der Waals surface area contributed by atoms with E-state index in [0.717, 1.165) is 11.1 Å². The number of nitrogens with zero attached hydrogens (tertiary/aromatic N) is 1. The van der Waals surface area contributed by atoms with Crippen LogP contribution >= 0.6 is 0 Å². The minimum absolute atomic E-state index is 0.112. The quantitative estimate of drug-likeness (QED) is 0.780. The van der Waals surface area contributed by atoms with Crippen molar-refractivity contribution in [3.05, 3.63) is 58.1 Å². The Bertz CT molecular complexity index is 1080. The van der Waals surface area contributed by atoms with Crippen molar-refractivity contribution in [2.75, 3.05) is 10.8 Å². The Morgan fingerprint density at radius 3 is 2.83 bits per heavy atom. The molecular formula is C16H14N2O4S. The van der Waals surface area contributed by atoms with E-state index < -0.39 is 15.8 Å². The fourth-order valence-corrected chi connectivity index (χ4v) is 4.48. The van der Waals surface area contributed by atoms with Gasteiger partial charge in [0.05, 0.1) is 16.1 Å². The largest absolute Gasteiger partial charge is 0.417 e. The summed E-state index contributed by atoms with van der Waals surface area (Å²) in [5.74, 6) is -0.600. The van der Waals surface area contributed by atoms with Crippen molar-refractivity contribution >= 4 is 26.8 Å². The molecule has 7 heteroatoms. The summed E-state index contributed by atoms with van der Waals surface area (Å²) in [7, 11) is -3.69. The Labute approximate surface area is 132 Å². The van der Waals surface area contributed by atoms with Gasteiger partial charge in [-0.1, -0.05) is 17.7 Å². The maximum Gasteiger partial charge on any atom is 0.417 e. The zero-order valence-corrected chi connectivity index (χ0v) is 13.2. The molecule has 23 heavy (non-hydrogen) atoms. The summed E-state index contributed by atoms with van der Waals surface area (Å²) in [5, 5.41) is 0. The van der Waals surface area contributed by atoms with Crippen molar-refractivity contribution in [3.63, 3.8) is 0 Å². The van der Waals surface area contributed by atoms with Gasteiger partial charge in [-0.2, -0.15) is 0 Å². The molecule has 0 saturated heterocycles. The predicted molar refractivity (Wildman–Crippen MR) is 86.2 cm³/mol. The average molecular weight is 330 g/mol. The van der Waals surface area contributed by atoms with Gasteiger partial charge in [-0.3, -0.25) is 9.29 Å². The SMILES string of the molecule is Cc1ccc2c(c1)CCN2S(=O)(=O)c1ccc2[nH]c(=O)oc2c1. The molecule has 0 unspecified atom stereocenters. The average Bonchev–Trinajstić information content (AvgIpc) is 3.08. The van der Waals surface area contributed by atoms with E-state index in [1.807, 2.05) is 25.1 Å². The molecule has 2 heterocycles. The Hall–Kier alpha value is -2.54. The first-order valence-electron chi connectivity index (χ1n) is 7.20. The normalized spacial score (nSPS) is 14.4. The van der Waals surface area contributed by atoms with Crippen LogP contribution in [0.5, 0.6) is 0 Å². The van der Waals surface area contributed by atoms with Gasteiger partial charge in [0.25, 0.3) is 10.0 Å². The lowest BCUT2D eigenvalue weighted by Crippen LogP contribution is -2.29. The highest BCUT2D eigenvalue weighted by Gasteiger charge is 2.31. The van der Waals surface area contributed by atoms with E-state index in [-0.39, 0.29) is 10.5 Å². The summed E-state index contributed by atoms with van der Waals surface area (Å²) < 4.78 is 32.2. The third-order valence-corrected chi connectivity index (χ3v) is 5.88. The minimum atomic E-state index is -3.69. The van der Waals surface area contributed by atoms with Crippen LogP contribution in [0.3, 0.4) is 0 Å². The Morgan fingerprint density at radius 1 is 1.17 bits per heavy atom. The van der Waals surface area contributed by atoms with Crippen molar-refractivity contribution in [2.24, 2.45) is 0 Å². The topological polar surface area (TPSA) is 83.4 Å². The van der Waals surface area contributed by atoms with Gasteiger partial charge in [0.1, 0.15) is 0 Å². The molecule has 1 N–H and O–H groups in total. The summed E-state index contributed by atoms with van der Waals surface area (Å²) in [5.41, 5.74) is 3.57. The standard InChI is InChI=1S/C16H14N2O4S/c1-10-2-5-14-11(8-10)6-7-18(14)23(20,21)12-3-4-13-15(9-12)22-16(19)17-13/h2-5,8-9H,6-7H2,1H3,(H,17,19). The Kier molecular flexibility index (Phi) is 2.89. The number of sulfonamides is 1. The Balaban J connectivity index is 1.83. The van der Waals surface area contributed by atoms with Gasteiger partial charge in [0.2, 0.25) is 0 Å². The van der Waals surface area contributed by atoms with Gasteiger partial charge >= 0.3 is 5.76 Å². The minimum Gasteiger partial charge on any atom is -0.408 e. The number of nitrogens with one attached hydrogen (secondary N) is 1. The van der Waals surface area contributed by atoms with Crippen molar-refractivity contribution in [2.45, 2.75) is 18.2 Å². The molecule has 2 aromatic carbocycles. The molecule has 0 fully saturated rings. The van der Waals surface area contributed by atoms with Crippen molar-refractivity contribution in [1.82, 2.24) is 4.98 Å². The maximum absolute atomic E-state index is 12.9. The van der Waals surface area contributed by atoms with Crippen LogP contribution in [0, 0.1) is 6.92 Å². The molecule has 3 aromatic rings. The van der Waals surface area contributed by atoms with Gasteiger partial charge in [0.15, 0.2) is 5.58 Å². The summed E-state index contributed by atoms with van der Waals surface area (Å²) in [6, 6.07) is 10.2. The van der Waals surface area contributed by atoms with Gasteiger partial charge in [-0.15, -0.1) is 0 Å². The van der Waals surface area contributed by atoms with E-state index >= 15 is 0 Å². The molecule has 1 aliphatic heterocycles. The number of fused-ring (bicyclic) bond motifs is 2. The van der Waals surface area contributed by atoms with Crippen LogP contribution in [-0.2, 0) is 16.4 Å². The lowest BCUT2D eigenvalue weighted by atomic mass is 10.1. The number of aromatic nitrogens is 1. The first-order valence-corrected chi connectivity index (χ1v) is 8.64. The third kappa shape index (κ3) is 2.16. The van der Waals surface area contributed by atoms with Crippen LogP contribution < -0.4 is 10.1 Å². The lowest BCUT2D eigenvalue weighted by molar-refractivity contribution is 0.554. The molecule has 118 valence electrons. The molecule has 6 nitrogen and oxygen atoms in total. The Morgan fingerprint density at radius 2 is 2.00 bits per heavy atom. The monoisotopic (exact) mass is 330 g/mol. The zero-order chi connectivity index (χ0) is 16.2. The van der Waals surface area contributed by atoms with Crippen LogP contribution in [0.2, 0.25) is 0 Å². The molecule has 1 aliphatic rings. The molecule has 0 bridgehead atoms. The maximum atomic E-state index is 12.9. The van der Waals surface area contributed by atoms with Gasteiger partial charge in [-0.05, 0) is 37.1 Å². The predicted octanol–water partition coefficient (Wildman–Crippen LogP) is 2.18. The molecule has 0 radical (unpaired) electrons. The lowest BCUT2D eigenvalue weighted by Gasteiger charge is -2.19. The number of hydrogen-bond acceptors (Lipinski definition) is 4. The second kappa shape index (κ2) is 4.73. The molecular weight excluding hydrogens is 316 g/mol. The number of benzene rings is 2. The second-order valence-electron chi connectivity index (χ2n) is 5.63. The summed E-state index contributed by atoms with van der Waals surface area (Å²) in [6.45, 7) is 2.40. The summed E-state index contributed by atoms with van der Waals surface area (Å²) in [6.07, 6.45) is 0.692. The first-order chi connectivity index (χ1) is 10.9. The van der Waals surface area contributed by atoms with Crippen LogP contribution in [0.1, 0.15) is 11.1 Å². The summed E-state index contributed by atoms with van der Waals surface area (Å²) in [4.78, 5) is 13.8. The summed E-state index contributed by atoms with van der Waals surface area (Å²) >= 11 is 0. The van der Waals surface area contributed by atoms with Crippen molar-refractivity contribution < 1.29 is 12.8 Å². The van der Waals surface area contributed by atoms with Crippen LogP contribution in [-0.4, -0.2) is 19.9 Å². The van der Waals surface area contributed by atoms with E-state index in [4.69, 9.17) is 4.42 Å². The van der Waals surface area contributed by atoms with E-state index in [1.54, 1.807) is 6.07 Å². The van der Waals surface area contributed by atoms with Crippen LogP contribution in [0.4, 0.5) is 5.69 Å². The molecule has 4 rings (SSSR count). The molecule has 0 spiro atoms. The molecule has 0 saturated carbocycles. The smallest absolute Gasteiger partial charge is 0.408 e. The number of H-pyrrole nitrogens is 1. The number of aryl methyl sites for hydroxylation is 1. The van der Waals surface area contributed by atoms with E-state index in [1.165, 1.54) is 16.4 Å². The highest BCUT2D eigenvalue weighted by molar-refractivity contribution is 7.92. The highest BCUT2D eigenvalue weighted by atomic mass is 32.2. The van der Waals surface area contributed by atoms with Gasteiger partial charge in [-0.25, -0.2) is 13.2 Å². The van der Waals surface area contributed by atoms with Crippen molar-refractivity contribution in [1.29, 1.82) is 0 Å². The molecule has 0 amide bonds. The fraction of sp³-hybridized carbons (Fsp3) is 0.188. The van der Waals surface area contributed by atoms with E-state index in [0.29, 0.717) is 24.2 Å². The fourth-order valence-electron chi connectivity index (χ4n) is 2.96. The first kappa shape index (κ1) is 14.1. The number of hydrogen-bond donors (Lipinski definition) is 1. The number of aromatic amines is 1. The van der Waals surface area contributed by atoms with Crippen molar-refractivity contribution in [3.8, 4) is 0 Å². The second-order valence-corrected chi connectivity index (χ2v) is 7.49. The van der Waals surface area contributed by atoms with E-state index in [2.05, 4.69) is 4.98 Å².